The highest BCUT2D eigenvalue weighted by Crippen LogP contribution is 2.39. The molecule has 25 heavy (non-hydrogen) atoms. The number of aliphatic carboxylic acids is 1. The molecule has 0 radical (unpaired) electrons. The van der Waals surface area contributed by atoms with Crippen LogP contribution in [-0.4, -0.2) is 40.4 Å². The van der Waals surface area contributed by atoms with Gasteiger partial charge in [0.25, 0.3) is 0 Å². The zero-order valence-corrected chi connectivity index (χ0v) is 13.8. The lowest BCUT2D eigenvalue weighted by atomic mass is 9.85. The summed E-state index contributed by atoms with van der Waals surface area (Å²) in [7, 11) is 0. The van der Waals surface area contributed by atoms with E-state index < -0.39 is 23.3 Å². The van der Waals surface area contributed by atoms with Gasteiger partial charge in [0.15, 0.2) is 0 Å². The molecule has 0 aromatic heterocycles. The molecule has 1 aliphatic heterocycles. The Morgan fingerprint density at radius 2 is 1.88 bits per heavy atom. The van der Waals surface area contributed by atoms with Gasteiger partial charge in [-0.05, 0) is 37.0 Å². The highest BCUT2D eigenvalue weighted by molar-refractivity contribution is 6.03. The molecule has 1 saturated carbocycles. The molecule has 6 nitrogen and oxygen atoms in total. The number of carboxylic acids is 1. The molecule has 2 amide bonds. The molecule has 1 heterocycles. The van der Waals surface area contributed by atoms with E-state index in [4.69, 9.17) is 0 Å². The average Bonchev–Trinajstić information content (AvgIpc) is 3.20. The normalized spacial score (nSPS) is 22.2. The first kappa shape index (κ1) is 17.4. The number of rotatable bonds is 5. The van der Waals surface area contributed by atoms with Crippen LogP contribution in [0.1, 0.15) is 37.7 Å². The van der Waals surface area contributed by atoms with Gasteiger partial charge in [0.05, 0.1) is 0 Å². The smallest absolute Gasteiger partial charge is 0.319 e. The third-order valence-electron chi connectivity index (χ3n) is 5.19. The molecule has 0 bridgehead atoms. The van der Waals surface area contributed by atoms with Crippen LogP contribution in [0.15, 0.2) is 24.3 Å². The van der Waals surface area contributed by atoms with Crippen molar-refractivity contribution in [2.75, 3.05) is 6.54 Å². The Bertz CT molecular complexity index is 683. The lowest BCUT2D eigenvalue weighted by molar-refractivity contribution is -0.156. The van der Waals surface area contributed by atoms with Crippen LogP contribution in [0.2, 0.25) is 0 Å². The maximum atomic E-state index is 13.0. The van der Waals surface area contributed by atoms with Crippen LogP contribution in [-0.2, 0) is 20.9 Å². The summed E-state index contributed by atoms with van der Waals surface area (Å²) in [4.78, 5) is 38.2. The van der Waals surface area contributed by atoms with E-state index in [-0.39, 0.29) is 11.7 Å². The quantitative estimate of drug-likeness (QED) is 0.793. The van der Waals surface area contributed by atoms with Gasteiger partial charge in [-0.2, -0.15) is 0 Å². The maximum Gasteiger partial charge on any atom is 0.319 e. The maximum absolute atomic E-state index is 13.0. The van der Waals surface area contributed by atoms with Gasteiger partial charge >= 0.3 is 5.97 Å². The molecule has 1 aliphatic carbocycles. The van der Waals surface area contributed by atoms with Crippen LogP contribution in [0.25, 0.3) is 0 Å². The number of hydrogen-bond donors (Lipinski definition) is 2. The Balaban J connectivity index is 1.63. The topological polar surface area (TPSA) is 86.7 Å². The minimum absolute atomic E-state index is 0.226. The minimum atomic E-state index is -1.40. The summed E-state index contributed by atoms with van der Waals surface area (Å²) in [5.74, 6) is -2.23. The van der Waals surface area contributed by atoms with Crippen molar-refractivity contribution in [2.24, 2.45) is 5.41 Å². The molecule has 1 aromatic carbocycles. The number of carbonyl (C=O) groups excluding carboxylic acids is 2. The van der Waals surface area contributed by atoms with Gasteiger partial charge in [0.2, 0.25) is 11.8 Å². The molecule has 3 rings (SSSR count). The summed E-state index contributed by atoms with van der Waals surface area (Å²) in [5.41, 5.74) is -0.593. The van der Waals surface area contributed by atoms with E-state index in [1.807, 2.05) is 0 Å². The van der Waals surface area contributed by atoms with Crippen molar-refractivity contribution in [1.29, 1.82) is 0 Å². The third kappa shape index (κ3) is 3.36. The fourth-order valence-electron chi connectivity index (χ4n) is 3.65. The number of likely N-dealkylation sites (tertiary alicyclic amines) is 1. The standard InChI is InChI=1S/C18H21FN2O4/c19-13-5-3-12(4-6-13)11-21-10-7-14(15(21)22)20-16(23)18(17(24)25)8-1-2-9-18/h3-6,14H,1-2,7-11H2,(H,20,23)(H,24,25). The number of nitrogens with zero attached hydrogens (tertiary/aromatic N) is 1. The number of amides is 2. The van der Waals surface area contributed by atoms with Crippen molar-refractivity contribution in [3.63, 3.8) is 0 Å². The van der Waals surface area contributed by atoms with Crippen molar-refractivity contribution in [1.82, 2.24) is 10.2 Å². The predicted molar refractivity (Wildman–Crippen MR) is 86.9 cm³/mol. The second kappa shape index (κ2) is 6.82. The van der Waals surface area contributed by atoms with E-state index in [1.54, 1.807) is 17.0 Å². The first-order valence-electron chi connectivity index (χ1n) is 8.50. The van der Waals surface area contributed by atoms with Gasteiger partial charge in [-0.1, -0.05) is 25.0 Å². The predicted octanol–water partition coefficient (Wildman–Crippen LogP) is 1.69. The molecule has 1 atom stereocenters. The van der Waals surface area contributed by atoms with Crippen molar-refractivity contribution in [3.8, 4) is 0 Å². The van der Waals surface area contributed by atoms with Crippen LogP contribution >= 0.6 is 0 Å². The number of carboxylic acid groups (broad SMARTS) is 1. The van der Waals surface area contributed by atoms with E-state index in [0.717, 1.165) is 5.56 Å². The molecule has 2 aliphatic rings. The zero-order valence-electron chi connectivity index (χ0n) is 13.8. The van der Waals surface area contributed by atoms with Gasteiger partial charge in [-0.3, -0.25) is 14.4 Å². The molecular formula is C18H21FN2O4. The molecule has 0 spiro atoms. The summed E-state index contributed by atoms with van der Waals surface area (Å²) in [6.45, 7) is 0.816. The van der Waals surface area contributed by atoms with E-state index in [1.165, 1.54) is 12.1 Å². The Labute approximate surface area is 145 Å². The molecule has 134 valence electrons. The molecule has 2 N–H and O–H groups in total. The lowest BCUT2D eigenvalue weighted by Gasteiger charge is -2.24. The zero-order chi connectivity index (χ0) is 18.0. The number of halogens is 1. The van der Waals surface area contributed by atoms with Gasteiger partial charge in [-0.25, -0.2) is 4.39 Å². The average molecular weight is 348 g/mol. The fourth-order valence-corrected chi connectivity index (χ4v) is 3.65. The monoisotopic (exact) mass is 348 g/mol. The SMILES string of the molecule is O=C1C(NC(=O)C2(C(=O)O)CCCC2)CCN1Cc1ccc(F)cc1. The second-order valence-electron chi connectivity index (χ2n) is 6.80. The second-order valence-corrected chi connectivity index (χ2v) is 6.80. The van der Waals surface area contributed by atoms with Crippen LogP contribution in [0.5, 0.6) is 0 Å². The van der Waals surface area contributed by atoms with E-state index >= 15 is 0 Å². The van der Waals surface area contributed by atoms with Gasteiger partial charge in [0.1, 0.15) is 17.3 Å². The third-order valence-corrected chi connectivity index (χ3v) is 5.19. The Hall–Kier alpha value is -2.44. The molecular weight excluding hydrogens is 327 g/mol. The molecule has 1 unspecified atom stereocenters. The van der Waals surface area contributed by atoms with Crippen LogP contribution in [0.3, 0.4) is 0 Å². The van der Waals surface area contributed by atoms with Crippen LogP contribution < -0.4 is 5.32 Å². The Kier molecular flexibility index (Phi) is 4.74. The fraction of sp³-hybridized carbons (Fsp3) is 0.500. The summed E-state index contributed by atoms with van der Waals surface area (Å²) in [6, 6.07) is 5.22. The van der Waals surface area contributed by atoms with Gasteiger partial charge < -0.3 is 15.3 Å². The molecule has 7 heteroatoms. The van der Waals surface area contributed by atoms with Crippen molar-refractivity contribution >= 4 is 17.8 Å². The summed E-state index contributed by atoms with van der Waals surface area (Å²) in [5, 5.41) is 12.1. The van der Waals surface area contributed by atoms with Crippen molar-refractivity contribution in [2.45, 2.75) is 44.7 Å². The molecule has 2 fully saturated rings. The van der Waals surface area contributed by atoms with Crippen LogP contribution in [0, 0.1) is 11.2 Å². The summed E-state index contributed by atoms with van der Waals surface area (Å²) in [6.07, 6.45) is 2.48. The first-order valence-corrected chi connectivity index (χ1v) is 8.50. The van der Waals surface area contributed by atoms with Gasteiger partial charge in [-0.15, -0.1) is 0 Å². The Morgan fingerprint density at radius 1 is 1.24 bits per heavy atom. The van der Waals surface area contributed by atoms with Crippen molar-refractivity contribution in [3.05, 3.63) is 35.6 Å². The number of hydrogen-bond acceptors (Lipinski definition) is 3. The van der Waals surface area contributed by atoms with Crippen LogP contribution in [0.4, 0.5) is 4.39 Å². The van der Waals surface area contributed by atoms with Crippen molar-refractivity contribution < 1.29 is 23.9 Å². The Morgan fingerprint density at radius 3 is 2.48 bits per heavy atom. The van der Waals surface area contributed by atoms with E-state index in [2.05, 4.69) is 5.32 Å². The summed E-state index contributed by atoms with van der Waals surface area (Å²) >= 11 is 0. The largest absolute Gasteiger partial charge is 0.480 e. The molecule has 1 aromatic rings. The molecule has 1 saturated heterocycles. The van der Waals surface area contributed by atoms with E-state index in [9.17, 15) is 23.9 Å². The number of nitrogens with one attached hydrogen (secondary N) is 1. The first-order chi connectivity index (χ1) is 11.9. The highest BCUT2D eigenvalue weighted by Gasteiger charge is 2.49. The highest BCUT2D eigenvalue weighted by atomic mass is 19.1. The lowest BCUT2D eigenvalue weighted by Crippen LogP contribution is -2.50. The van der Waals surface area contributed by atoms with E-state index in [0.29, 0.717) is 45.2 Å². The number of benzene rings is 1. The van der Waals surface area contributed by atoms with Gasteiger partial charge in [0, 0.05) is 13.1 Å². The minimum Gasteiger partial charge on any atom is -0.480 e. The number of carbonyl (C=O) groups is 3. The summed E-state index contributed by atoms with van der Waals surface area (Å²) < 4.78 is 13.0.